The van der Waals surface area contributed by atoms with Crippen molar-refractivity contribution >= 4 is 87.2 Å². The van der Waals surface area contributed by atoms with Crippen LogP contribution >= 0.6 is 22.6 Å². The molecule has 0 aliphatic heterocycles. The molecule has 10 aromatic rings. The molecule has 0 amide bonds. The largest absolute Gasteiger partial charge is 0.268 e. The average molecular weight is 786 g/mol. The van der Waals surface area contributed by atoms with E-state index in [1.54, 1.807) is 0 Å². The lowest BCUT2D eigenvalue weighted by atomic mass is 9.87. The van der Waals surface area contributed by atoms with Crippen molar-refractivity contribution in [3.05, 3.63) is 146 Å². The zero-order chi connectivity index (χ0) is 35.7. The molecule has 1 aromatic heterocycles. The van der Waals surface area contributed by atoms with Crippen molar-refractivity contribution in [1.29, 1.82) is 0 Å². The van der Waals surface area contributed by atoms with Crippen LogP contribution in [0.15, 0.2) is 107 Å². The zero-order valence-electron chi connectivity index (χ0n) is 29.9. The van der Waals surface area contributed by atoms with E-state index in [1.165, 1.54) is 53.6 Å². The normalized spacial score (nSPS) is 13.0. The summed E-state index contributed by atoms with van der Waals surface area (Å²) in [7, 11) is 0. The lowest BCUT2D eigenvalue weighted by Gasteiger charge is -2.18. The molecular formula is C48H36INO2. The fourth-order valence-corrected chi connectivity index (χ4v) is 10.5. The van der Waals surface area contributed by atoms with Gasteiger partial charge in [0.05, 0.1) is 16.5 Å². The van der Waals surface area contributed by atoms with Gasteiger partial charge in [0.15, 0.2) is 0 Å². The maximum Gasteiger partial charge on any atom is 0.266 e. The summed E-state index contributed by atoms with van der Waals surface area (Å²) in [6.45, 7) is 10.5. The van der Waals surface area contributed by atoms with Crippen LogP contribution in [-0.2, 0) is 0 Å². The van der Waals surface area contributed by atoms with Crippen molar-refractivity contribution in [2.45, 2.75) is 51.4 Å². The average Bonchev–Trinajstić information content (AvgIpc) is 3.64. The van der Waals surface area contributed by atoms with Gasteiger partial charge in [0.2, 0.25) is 0 Å². The quantitative estimate of drug-likeness (QED) is 0.0957. The van der Waals surface area contributed by atoms with E-state index in [0.29, 0.717) is 20.4 Å². The number of aromatic nitrogens is 1. The van der Waals surface area contributed by atoms with E-state index in [2.05, 4.69) is 134 Å². The number of rotatable bonds is 6. The van der Waals surface area contributed by atoms with E-state index in [4.69, 9.17) is 0 Å². The first-order valence-corrected chi connectivity index (χ1v) is 19.5. The van der Waals surface area contributed by atoms with E-state index in [1.807, 2.05) is 19.9 Å². The Balaban J connectivity index is 1.49. The predicted molar refractivity (Wildman–Crippen MR) is 230 cm³/mol. The van der Waals surface area contributed by atoms with Gasteiger partial charge >= 0.3 is 0 Å². The van der Waals surface area contributed by atoms with E-state index < -0.39 is 0 Å². The van der Waals surface area contributed by atoms with E-state index in [0.717, 1.165) is 67.8 Å². The van der Waals surface area contributed by atoms with Gasteiger partial charge in [-0.25, -0.2) is 4.57 Å². The van der Waals surface area contributed by atoms with E-state index in [9.17, 15) is 0 Å². The summed E-state index contributed by atoms with van der Waals surface area (Å²) in [5.74, 6) is 0. The third-order valence-corrected chi connectivity index (χ3v) is 13.2. The molecule has 9 aromatic carbocycles. The smallest absolute Gasteiger partial charge is 0.266 e. The van der Waals surface area contributed by atoms with E-state index >= 15 is 9.59 Å². The van der Waals surface area contributed by atoms with Gasteiger partial charge in [-0.3, -0.25) is 9.59 Å². The lowest BCUT2D eigenvalue weighted by molar-refractivity contribution is 0.800. The minimum absolute atomic E-state index is 0.245. The van der Waals surface area contributed by atoms with Gasteiger partial charge in [-0.2, -0.15) is 0 Å². The first kappa shape index (κ1) is 31.6. The Kier molecular flexibility index (Phi) is 6.83. The first-order valence-electron chi connectivity index (χ1n) is 18.2. The molecule has 52 heavy (non-hydrogen) atoms. The van der Waals surface area contributed by atoms with Crippen LogP contribution in [0.4, 0.5) is 0 Å². The van der Waals surface area contributed by atoms with Crippen molar-refractivity contribution in [3.63, 3.8) is 0 Å². The topological polar surface area (TPSA) is 39.1 Å². The van der Waals surface area contributed by atoms with Gasteiger partial charge in [0, 0.05) is 3.92 Å². The molecule has 0 N–H and O–H groups in total. The van der Waals surface area contributed by atoms with Crippen molar-refractivity contribution in [2.75, 3.05) is 0 Å². The SMILES string of the molecule is CCCC(I)c1ccccc1-c1cc2c3c(=O)n(-c4cc(C)c(C)cc4C)c(=O)c3c3cc(-c4ccccc4C)c4ccc5ccc1c1c5c4c3c21. The van der Waals surface area contributed by atoms with Gasteiger partial charge in [-0.15, -0.1) is 0 Å². The molecule has 0 aliphatic rings. The number of alkyl halides is 1. The predicted octanol–water partition coefficient (Wildman–Crippen LogP) is 12.7. The highest BCUT2D eigenvalue weighted by Crippen LogP contribution is 2.54. The summed E-state index contributed by atoms with van der Waals surface area (Å²) in [4.78, 5) is 30.2. The Morgan fingerprint density at radius 2 is 1.06 bits per heavy atom. The molecule has 0 radical (unpaired) electrons. The Labute approximate surface area is 315 Å². The molecule has 1 unspecified atom stereocenters. The van der Waals surface area contributed by atoms with Crippen molar-refractivity contribution in [1.82, 2.24) is 4.57 Å². The van der Waals surface area contributed by atoms with Crippen LogP contribution in [0.5, 0.6) is 0 Å². The van der Waals surface area contributed by atoms with Gasteiger partial charge in [-0.1, -0.05) is 115 Å². The number of benzene rings is 8. The summed E-state index contributed by atoms with van der Waals surface area (Å²) in [6, 6.07) is 34.8. The Morgan fingerprint density at radius 3 is 1.67 bits per heavy atom. The minimum Gasteiger partial charge on any atom is -0.268 e. The van der Waals surface area contributed by atoms with Crippen LogP contribution in [0.2, 0.25) is 0 Å². The minimum atomic E-state index is -0.246. The highest BCUT2D eigenvalue weighted by atomic mass is 127. The monoisotopic (exact) mass is 785 g/mol. The standard InChI is InChI=1S/C48H36INO2/c1-6-11-38(49)31-15-10-9-14-30(31)35-23-37-44-42-33(35)19-17-28-16-18-32-34(29-13-8-7-12-24(29)2)22-36(43(44)41(32)40(28)42)45-46(37)48(52)50(47(45)51)39-21-26(4)25(3)20-27(39)5/h7-10,12-23,38H,6,11H2,1-5H3. The third-order valence-electron chi connectivity index (χ3n) is 11.9. The third kappa shape index (κ3) is 4.07. The van der Waals surface area contributed by atoms with E-state index in [-0.39, 0.29) is 11.1 Å². The molecule has 0 saturated carbocycles. The maximum absolute atomic E-state index is 15.1. The zero-order valence-corrected chi connectivity index (χ0v) is 32.0. The molecule has 1 atom stereocenters. The van der Waals surface area contributed by atoms with Crippen molar-refractivity contribution in [2.24, 2.45) is 0 Å². The van der Waals surface area contributed by atoms with Crippen LogP contribution in [0, 0.1) is 27.7 Å². The second-order valence-corrected chi connectivity index (χ2v) is 16.3. The van der Waals surface area contributed by atoms with Gasteiger partial charge in [0.1, 0.15) is 0 Å². The molecule has 0 aliphatic carbocycles. The molecule has 0 bridgehead atoms. The molecule has 252 valence electrons. The Bertz CT molecular complexity index is 3190. The van der Waals surface area contributed by atoms with Crippen LogP contribution in [0.1, 0.15) is 51.5 Å². The summed E-state index contributed by atoms with van der Waals surface area (Å²) in [5.41, 5.74) is 10.3. The summed E-state index contributed by atoms with van der Waals surface area (Å²) >= 11 is 2.59. The van der Waals surface area contributed by atoms with Crippen molar-refractivity contribution in [3.8, 4) is 27.9 Å². The molecule has 1 heterocycles. The molecule has 4 heteroatoms. The molecule has 10 rings (SSSR count). The van der Waals surface area contributed by atoms with Crippen molar-refractivity contribution < 1.29 is 0 Å². The second-order valence-electron chi connectivity index (χ2n) is 14.8. The second kappa shape index (κ2) is 11.2. The fourth-order valence-electron chi connectivity index (χ4n) is 9.34. The highest BCUT2D eigenvalue weighted by Gasteiger charge is 2.30. The molecule has 0 fully saturated rings. The van der Waals surface area contributed by atoms with Crippen LogP contribution < -0.4 is 11.1 Å². The summed E-state index contributed by atoms with van der Waals surface area (Å²) in [5, 5.41) is 12.1. The fraction of sp³-hybridized carbons (Fsp3) is 0.167. The molecule has 0 spiro atoms. The molecule has 0 saturated heterocycles. The van der Waals surface area contributed by atoms with Crippen LogP contribution in [0.25, 0.3) is 92.6 Å². The number of hydrogen-bond acceptors (Lipinski definition) is 2. The number of aryl methyl sites for hydroxylation is 4. The van der Waals surface area contributed by atoms with Gasteiger partial charge in [-0.05, 0) is 156 Å². The molecule has 3 nitrogen and oxygen atoms in total. The summed E-state index contributed by atoms with van der Waals surface area (Å²) in [6.07, 6.45) is 2.17. The highest BCUT2D eigenvalue weighted by molar-refractivity contribution is 14.1. The first-order chi connectivity index (χ1) is 25.2. The van der Waals surface area contributed by atoms with Crippen LogP contribution in [-0.4, -0.2) is 4.57 Å². The van der Waals surface area contributed by atoms with Gasteiger partial charge < -0.3 is 0 Å². The summed E-state index contributed by atoms with van der Waals surface area (Å²) < 4.78 is 1.80. The lowest BCUT2D eigenvalue weighted by Crippen LogP contribution is -2.24. The maximum atomic E-state index is 15.1. The Hall–Kier alpha value is -5.07. The number of nitrogens with zero attached hydrogens (tertiary/aromatic N) is 1. The number of halogens is 1. The number of hydrogen-bond donors (Lipinski definition) is 0. The molecular weight excluding hydrogens is 749 g/mol. The van der Waals surface area contributed by atoms with Gasteiger partial charge in [0.25, 0.3) is 11.1 Å². The van der Waals surface area contributed by atoms with Crippen LogP contribution in [0.3, 0.4) is 0 Å². The number of fused-ring (bicyclic) bond motifs is 3. The Morgan fingerprint density at radius 1 is 0.519 bits per heavy atom.